The van der Waals surface area contributed by atoms with Crippen LogP contribution in [-0.2, 0) is 4.79 Å². The maximum Gasteiger partial charge on any atom is 0.303 e. The van der Waals surface area contributed by atoms with Crippen molar-refractivity contribution < 1.29 is 19.8 Å². The van der Waals surface area contributed by atoms with Crippen molar-refractivity contribution in [3.8, 4) is 5.75 Å². The van der Waals surface area contributed by atoms with Crippen molar-refractivity contribution in [1.82, 2.24) is 5.32 Å². The Bertz CT molecular complexity index is 461. The molecule has 0 aromatic heterocycles. The molecule has 0 bridgehead atoms. The van der Waals surface area contributed by atoms with Gasteiger partial charge in [0.2, 0.25) is 0 Å². The summed E-state index contributed by atoms with van der Waals surface area (Å²) in [6.45, 7) is 2.00. The molecule has 0 aliphatic rings. The molecule has 0 heterocycles. The minimum absolute atomic E-state index is 0.00336. The first-order valence-electron chi connectivity index (χ1n) is 5.38. The van der Waals surface area contributed by atoms with Crippen LogP contribution in [0.4, 0.5) is 0 Å². The number of aromatic hydroxyl groups is 1. The first kappa shape index (κ1) is 14.3. The number of benzene rings is 1. The van der Waals surface area contributed by atoms with Gasteiger partial charge in [-0.3, -0.25) is 9.59 Å². The molecule has 98 valence electrons. The minimum atomic E-state index is -0.899. The zero-order valence-electron chi connectivity index (χ0n) is 9.81. The molecule has 1 atom stereocenters. The van der Waals surface area contributed by atoms with Crippen LogP contribution in [-0.4, -0.2) is 28.6 Å². The summed E-state index contributed by atoms with van der Waals surface area (Å²) in [5.41, 5.74) is 0.320. The number of carbonyl (C=O) groups is 2. The Morgan fingerprint density at radius 3 is 2.67 bits per heavy atom. The second-order valence-corrected chi connectivity index (χ2v) is 4.49. The lowest BCUT2D eigenvalue weighted by Gasteiger charge is -2.10. The van der Waals surface area contributed by atoms with Crippen LogP contribution < -0.4 is 5.32 Å². The first-order valence-corrected chi connectivity index (χ1v) is 5.76. The fourth-order valence-corrected chi connectivity index (χ4v) is 1.57. The summed E-state index contributed by atoms with van der Waals surface area (Å²) >= 11 is 5.68. The van der Waals surface area contributed by atoms with Crippen molar-refractivity contribution in [2.45, 2.75) is 13.3 Å². The third-order valence-electron chi connectivity index (χ3n) is 2.34. The topological polar surface area (TPSA) is 86.6 Å². The van der Waals surface area contributed by atoms with E-state index in [4.69, 9.17) is 16.7 Å². The molecule has 1 rings (SSSR count). The van der Waals surface area contributed by atoms with Gasteiger partial charge < -0.3 is 15.5 Å². The number of carbonyl (C=O) groups excluding carboxylic acids is 1. The molecule has 0 radical (unpaired) electrons. The fraction of sp³-hybridized carbons (Fsp3) is 0.333. The lowest BCUT2D eigenvalue weighted by Crippen LogP contribution is -2.29. The number of amides is 1. The van der Waals surface area contributed by atoms with E-state index in [1.54, 1.807) is 6.92 Å². The number of carboxylic acid groups (broad SMARTS) is 1. The van der Waals surface area contributed by atoms with E-state index in [0.29, 0.717) is 5.56 Å². The minimum Gasteiger partial charge on any atom is -0.506 e. The first-order chi connectivity index (χ1) is 8.40. The highest BCUT2D eigenvalue weighted by Gasteiger charge is 2.11. The third-order valence-corrected chi connectivity index (χ3v) is 2.65. The number of hydrogen-bond acceptors (Lipinski definition) is 3. The van der Waals surface area contributed by atoms with Crippen molar-refractivity contribution in [3.05, 3.63) is 28.8 Å². The van der Waals surface area contributed by atoms with Gasteiger partial charge in [-0.05, 0) is 24.1 Å². The molecule has 3 N–H and O–H groups in total. The van der Waals surface area contributed by atoms with Crippen LogP contribution in [0.15, 0.2) is 18.2 Å². The molecule has 0 saturated carbocycles. The van der Waals surface area contributed by atoms with Crippen molar-refractivity contribution in [2.75, 3.05) is 6.54 Å². The summed E-state index contributed by atoms with van der Waals surface area (Å²) in [4.78, 5) is 22.1. The second kappa shape index (κ2) is 6.26. The van der Waals surface area contributed by atoms with Crippen LogP contribution in [0.2, 0.25) is 5.02 Å². The zero-order chi connectivity index (χ0) is 13.7. The Hall–Kier alpha value is -1.75. The van der Waals surface area contributed by atoms with Crippen LogP contribution in [0.25, 0.3) is 0 Å². The predicted molar refractivity (Wildman–Crippen MR) is 66.9 cm³/mol. The van der Waals surface area contributed by atoms with Crippen molar-refractivity contribution >= 4 is 23.5 Å². The normalized spacial score (nSPS) is 11.9. The molecule has 5 nitrogen and oxygen atoms in total. The average Bonchev–Trinajstić information content (AvgIpc) is 2.28. The van der Waals surface area contributed by atoms with E-state index in [2.05, 4.69) is 5.32 Å². The lowest BCUT2D eigenvalue weighted by molar-refractivity contribution is -0.137. The van der Waals surface area contributed by atoms with E-state index in [-0.39, 0.29) is 35.6 Å². The van der Waals surface area contributed by atoms with E-state index in [0.717, 1.165) is 0 Å². The average molecular weight is 272 g/mol. The second-order valence-electron chi connectivity index (χ2n) is 4.08. The fourth-order valence-electron chi connectivity index (χ4n) is 1.39. The quantitative estimate of drug-likeness (QED) is 0.763. The maximum atomic E-state index is 11.7. The molecule has 0 aliphatic carbocycles. The van der Waals surface area contributed by atoms with E-state index in [9.17, 15) is 14.7 Å². The molecule has 1 unspecified atom stereocenters. The summed E-state index contributed by atoms with van der Waals surface area (Å²) in [5, 5.41) is 20.5. The van der Waals surface area contributed by atoms with Crippen LogP contribution in [0.3, 0.4) is 0 Å². The molecular formula is C12H14ClNO4. The van der Waals surface area contributed by atoms with Gasteiger partial charge in [0.25, 0.3) is 5.91 Å². The molecule has 0 aliphatic heterocycles. The number of halogens is 1. The van der Waals surface area contributed by atoms with Crippen LogP contribution in [0, 0.1) is 5.92 Å². The van der Waals surface area contributed by atoms with Gasteiger partial charge in [-0.1, -0.05) is 18.5 Å². The van der Waals surface area contributed by atoms with Gasteiger partial charge in [-0.25, -0.2) is 0 Å². The highest BCUT2D eigenvalue weighted by Crippen LogP contribution is 2.23. The maximum absolute atomic E-state index is 11.7. The predicted octanol–water partition coefficient (Wildman–Crippen LogP) is 1.89. The van der Waals surface area contributed by atoms with Crippen molar-refractivity contribution in [1.29, 1.82) is 0 Å². The van der Waals surface area contributed by atoms with Crippen LogP contribution >= 0.6 is 11.6 Å². The number of rotatable bonds is 5. The summed E-state index contributed by atoms with van der Waals surface area (Å²) < 4.78 is 0. The summed E-state index contributed by atoms with van der Waals surface area (Å²) in [7, 11) is 0. The van der Waals surface area contributed by atoms with Gasteiger partial charge in [0.05, 0.1) is 5.02 Å². The molecular weight excluding hydrogens is 258 g/mol. The lowest BCUT2D eigenvalue weighted by atomic mass is 10.1. The van der Waals surface area contributed by atoms with Crippen LogP contribution in [0.1, 0.15) is 23.7 Å². The Kier molecular flexibility index (Phi) is 4.97. The molecule has 0 spiro atoms. The largest absolute Gasteiger partial charge is 0.506 e. The van der Waals surface area contributed by atoms with Crippen LogP contribution in [0.5, 0.6) is 5.75 Å². The number of aliphatic carboxylic acids is 1. The zero-order valence-corrected chi connectivity index (χ0v) is 10.6. The molecule has 6 heteroatoms. The number of phenolic OH excluding ortho intramolecular Hbond substituents is 1. The Labute approximate surface area is 109 Å². The van der Waals surface area contributed by atoms with Gasteiger partial charge in [0.1, 0.15) is 5.75 Å². The van der Waals surface area contributed by atoms with E-state index in [1.807, 2.05) is 0 Å². The van der Waals surface area contributed by atoms with Gasteiger partial charge in [0.15, 0.2) is 0 Å². The summed E-state index contributed by atoms with van der Waals surface area (Å²) in [5.74, 6) is -1.50. The summed E-state index contributed by atoms with van der Waals surface area (Å²) in [6, 6.07) is 4.13. The molecule has 18 heavy (non-hydrogen) atoms. The molecule has 1 aromatic rings. The standard InChI is InChI=1S/C12H14ClNO4/c1-7(4-11(16)17)6-14-12(18)8-2-3-10(15)9(13)5-8/h2-3,5,7,15H,4,6H2,1H3,(H,14,18)(H,16,17). The van der Waals surface area contributed by atoms with Crippen molar-refractivity contribution in [2.24, 2.45) is 5.92 Å². The number of phenols is 1. The smallest absolute Gasteiger partial charge is 0.303 e. The SMILES string of the molecule is CC(CNC(=O)c1ccc(O)c(Cl)c1)CC(=O)O. The van der Waals surface area contributed by atoms with Gasteiger partial charge in [0, 0.05) is 18.5 Å². The highest BCUT2D eigenvalue weighted by atomic mass is 35.5. The molecule has 0 fully saturated rings. The Balaban J connectivity index is 2.55. The number of nitrogens with one attached hydrogen (secondary N) is 1. The van der Waals surface area contributed by atoms with E-state index in [1.165, 1.54) is 18.2 Å². The van der Waals surface area contributed by atoms with E-state index < -0.39 is 5.97 Å². The van der Waals surface area contributed by atoms with Gasteiger partial charge >= 0.3 is 5.97 Å². The Morgan fingerprint density at radius 1 is 1.44 bits per heavy atom. The van der Waals surface area contributed by atoms with Crippen molar-refractivity contribution in [3.63, 3.8) is 0 Å². The monoisotopic (exact) mass is 271 g/mol. The van der Waals surface area contributed by atoms with Gasteiger partial charge in [-0.2, -0.15) is 0 Å². The molecule has 1 amide bonds. The molecule has 0 saturated heterocycles. The highest BCUT2D eigenvalue weighted by molar-refractivity contribution is 6.32. The van der Waals surface area contributed by atoms with Gasteiger partial charge in [-0.15, -0.1) is 0 Å². The number of hydrogen-bond donors (Lipinski definition) is 3. The molecule has 1 aromatic carbocycles. The number of carboxylic acids is 1. The Morgan fingerprint density at radius 2 is 2.11 bits per heavy atom. The summed E-state index contributed by atoms with van der Waals surface area (Å²) in [6.07, 6.45) is -0.00336. The third kappa shape index (κ3) is 4.25. The van der Waals surface area contributed by atoms with E-state index >= 15 is 0 Å².